The second-order valence-electron chi connectivity index (χ2n) is 6.90. The molecule has 2 N–H and O–H groups in total. The number of benzene rings is 1. The van der Waals surface area contributed by atoms with E-state index >= 15 is 0 Å². The van der Waals surface area contributed by atoms with Crippen LogP contribution in [0, 0.1) is 6.92 Å². The molecule has 8 nitrogen and oxygen atoms in total. The minimum atomic E-state index is -0.414. The average molecular weight is 411 g/mol. The number of aryl methyl sites for hydroxylation is 1. The number of amides is 4. The summed E-state index contributed by atoms with van der Waals surface area (Å²) >= 11 is 1.37. The molecule has 150 valence electrons. The van der Waals surface area contributed by atoms with Crippen molar-refractivity contribution in [1.29, 1.82) is 0 Å². The normalized spacial score (nSPS) is 15.0. The number of aromatic nitrogens is 2. The molecule has 29 heavy (non-hydrogen) atoms. The highest BCUT2D eigenvalue weighted by Crippen LogP contribution is 2.30. The number of imide groups is 1. The van der Waals surface area contributed by atoms with Gasteiger partial charge < -0.3 is 10.6 Å². The summed E-state index contributed by atoms with van der Waals surface area (Å²) in [5.41, 5.74) is 1.79. The number of carbonyl (C=O) groups excluding carboxylic acids is 3. The van der Waals surface area contributed by atoms with E-state index in [4.69, 9.17) is 0 Å². The van der Waals surface area contributed by atoms with E-state index in [1.807, 2.05) is 54.9 Å². The number of fused-ring (bicyclic) bond motifs is 1. The zero-order chi connectivity index (χ0) is 20.5. The molecule has 3 heterocycles. The minimum Gasteiger partial charge on any atom is -0.347 e. The number of hydrogen-bond donors (Lipinski definition) is 2. The lowest BCUT2D eigenvalue weighted by Gasteiger charge is -2.21. The lowest BCUT2D eigenvalue weighted by atomic mass is 10.2. The minimum absolute atomic E-state index is 0.00872. The van der Waals surface area contributed by atoms with E-state index in [1.54, 1.807) is 0 Å². The monoisotopic (exact) mass is 411 g/mol. The first-order valence-electron chi connectivity index (χ1n) is 9.41. The Morgan fingerprint density at radius 3 is 2.72 bits per heavy atom. The van der Waals surface area contributed by atoms with Gasteiger partial charge in [0.25, 0.3) is 5.91 Å². The van der Waals surface area contributed by atoms with E-state index in [9.17, 15) is 14.4 Å². The van der Waals surface area contributed by atoms with Gasteiger partial charge in [-0.3, -0.25) is 14.5 Å². The third-order valence-corrected chi connectivity index (χ3v) is 6.05. The molecule has 0 spiro atoms. The van der Waals surface area contributed by atoms with Gasteiger partial charge in [-0.1, -0.05) is 25.1 Å². The Bertz CT molecular complexity index is 1070. The Balaban J connectivity index is 1.55. The number of hydrogen-bond acceptors (Lipinski definition) is 5. The molecule has 1 saturated heterocycles. The van der Waals surface area contributed by atoms with Gasteiger partial charge in [-0.05, 0) is 31.5 Å². The van der Waals surface area contributed by atoms with E-state index in [1.165, 1.54) is 11.3 Å². The molecular formula is C20H21N5O3S. The van der Waals surface area contributed by atoms with Crippen molar-refractivity contribution < 1.29 is 14.4 Å². The zero-order valence-electron chi connectivity index (χ0n) is 16.1. The van der Waals surface area contributed by atoms with Crippen molar-refractivity contribution in [2.75, 3.05) is 13.1 Å². The van der Waals surface area contributed by atoms with Crippen LogP contribution in [-0.2, 0) is 4.79 Å². The number of rotatable bonds is 6. The van der Waals surface area contributed by atoms with Crippen molar-refractivity contribution in [1.82, 2.24) is 25.3 Å². The zero-order valence-corrected chi connectivity index (χ0v) is 17.0. The third kappa shape index (κ3) is 3.61. The van der Waals surface area contributed by atoms with Gasteiger partial charge in [0.2, 0.25) is 5.91 Å². The number of urea groups is 1. The predicted molar refractivity (Wildman–Crippen MR) is 110 cm³/mol. The van der Waals surface area contributed by atoms with Gasteiger partial charge in [0.15, 0.2) is 0 Å². The van der Waals surface area contributed by atoms with Crippen LogP contribution in [0.4, 0.5) is 4.79 Å². The largest absolute Gasteiger partial charge is 0.347 e. The molecule has 0 radical (unpaired) electrons. The quantitative estimate of drug-likeness (QED) is 0.609. The van der Waals surface area contributed by atoms with E-state index in [0.29, 0.717) is 11.3 Å². The van der Waals surface area contributed by atoms with Crippen molar-refractivity contribution in [3.63, 3.8) is 0 Å². The second kappa shape index (κ2) is 7.67. The number of para-hydroxylation sites is 1. The van der Waals surface area contributed by atoms with Gasteiger partial charge in [0.1, 0.15) is 4.83 Å². The summed E-state index contributed by atoms with van der Waals surface area (Å²) in [5, 5.41) is 11.0. The van der Waals surface area contributed by atoms with Gasteiger partial charge in [-0.25, -0.2) is 9.48 Å². The lowest BCUT2D eigenvalue weighted by Crippen LogP contribution is -2.45. The molecule has 4 rings (SSSR count). The van der Waals surface area contributed by atoms with Crippen LogP contribution in [-0.4, -0.2) is 51.7 Å². The second-order valence-corrected chi connectivity index (χ2v) is 7.93. The third-order valence-electron chi connectivity index (χ3n) is 4.94. The van der Waals surface area contributed by atoms with Gasteiger partial charge in [-0.15, -0.1) is 11.3 Å². The number of thiophene rings is 1. The Labute approximate surface area is 171 Å². The molecule has 1 fully saturated rings. The first-order valence-corrected chi connectivity index (χ1v) is 10.2. The van der Waals surface area contributed by atoms with Gasteiger partial charge in [0, 0.05) is 11.4 Å². The molecule has 1 aromatic carbocycles. The van der Waals surface area contributed by atoms with E-state index in [-0.39, 0.29) is 30.9 Å². The highest BCUT2D eigenvalue weighted by Gasteiger charge is 2.31. The summed E-state index contributed by atoms with van der Waals surface area (Å²) in [5.74, 6) is -0.493. The molecule has 0 bridgehead atoms. The standard InChI is InChI=1S/C20H21N5O3S/c1-3-13(11-24-17(26)10-21-20(24)28)22-18(27)16-9-15-12(2)23-25(19(15)29-16)14-7-5-4-6-8-14/h4-9,13H,3,10-11H2,1-2H3,(H,21,28)(H,22,27)/t13-/m1/s1. The lowest BCUT2D eigenvalue weighted by molar-refractivity contribution is -0.125. The molecule has 0 saturated carbocycles. The van der Waals surface area contributed by atoms with Crippen LogP contribution >= 0.6 is 11.3 Å². The molecule has 1 atom stereocenters. The van der Waals surface area contributed by atoms with Crippen molar-refractivity contribution in [3.8, 4) is 5.69 Å². The van der Waals surface area contributed by atoms with Crippen molar-refractivity contribution in [2.24, 2.45) is 0 Å². The van der Waals surface area contributed by atoms with E-state index < -0.39 is 6.03 Å². The maximum atomic E-state index is 12.8. The summed E-state index contributed by atoms with van der Waals surface area (Å²) in [6, 6.07) is 10.9. The first kappa shape index (κ1) is 19.1. The van der Waals surface area contributed by atoms with Crippen molar-refractivity contribution >= 4 is 39.4 Å². The van der Waals surface area contributed by atoms with Crippen LogP contribution in [0.25, 0.3) is 15.9 Å². The van der Waals surface area contributed by atoms with Gasteiger partial charge in [-0.2, -0.15) is 5.10 Å². The molecule has 0 aliphatic carbocycles. The SMILES string of the molecule is CC[C@H](CN1C(=O)CNC1=O)NC(=O)c1cc2c(C)nn(-c3ccccc3)c2s1. The molecule has 9 heteroatoms. The van der Waals surface area contributed by atoms with Crippen molar-refractivity contribution in [3.05, 3.63) is 47.0 Å². The van der Waals surface area contributed by atoms with Gasteiger partial charge in [0.05, 0.1) is 29.3 Å². The van der Waals surface area contributed by atoms with E-state index in [0.717, 1.165) is 26.5 Å². The highest BCUT2D eigenvalue weighted by atomic mass is 32.1. The van der Waals surface area contributed by atoms with Gasteiger partial charge >= 0.3 is 6.03 Å². The molecule has 0 unspecified atom stereocenters. The Hall–Kier alpha value is -3.20. The predicted octanol–water partition coefficient (Wildman–Crippen LogP) is 2.46. The molecule has 2 aromatic heterocycles. The Kier molecular flexibility index (Phi) is 5.06. The fourth-order valence-electron chi connectivity index (χ4n) is 3.30. The van der Waals surface area contributed by atoms with Crippen LogP contribution in [0.3, 0.4) is 0 Å². The maximum Gasteiger partial charge on any atom is 0.324 e. The molecule has 4 amide bonds. The molecule has 1 aliphatic heterocycles. The molecule has 1 aliphatic rings. The highest BCUT2D eigenvalue weighted by molar-refractivity contribution is 7.20. The summed E-state index contributed by atoms with van der Waals surface area (Å²) in [7, 11) is 0. The summed E-state index contributed by atoms with van der Waals surface area (Å²) in [6.45, 7) is 4.00. The molecular weight excluding hydrogens is 390 g/mol. The van der Waals surface area contributed by atoms with Crippen LogP contribution in [0.2, 0.25) is 0 Å². The summed E-state index contributed by atoms with van der Waals surface area (Å²) in [4.78, 5) is 39.0. The molecule has 3 aromatic rings. The first-order chi connectivity index (χ1) is 14.0. The Morgan fingerprint density at radius 1 is 1.31 bits per heavy atom. The fourth-order valence-corrected chi connectivity index (χ4v) is 4.38. The smallest absolute Gasteiger partial charge is 0.324 e. The van der Waals surface area contributed by atoms with Crippen LogP contribution in [0.15, 0.2) is 36.4 Å². The topological polar surface area (TPSA) is 96.3 Å². The Morgan fingerprint density at radius 2 is 2.07 bits per heavy atom. The number of nitrogens with zero attached hydrogens (tertiary/aromatic N) is 3. The number of nitrogens with one attached hydrogen (secondary N) is 2. The maximum absolute atomic E-state index is 12.8. The van der Waals surface area contributed by atoms with E-state index in [2.05, 4.69) is 15.7 Å². The van der Waals surface area contributed by atoms with Crippen LogP contribution in [0.1, 0.15) is 28.7 Å². The average Bonchev–Trinajstić information content (AvgIpc) is 3.39. The van der Waals surface area contributed by atoms with Crippen molar-refractivity contribution in [2.45, 2.75) is 26.3 Å². The summed E-state index contributed by atoms with van der Waals surface area (Å²) in [6.07, 6.45) is 0.602. The summed E-state index contributed by atoms with van der Waals surface area (Å²) < 4.78 is 1.84. The number of carbonyl (C=O) groups is 3. The fraction of sp³-hybridized carbons (Fsp3) is 0.300. The van der Waals surface area contributed by atoms with Crippen LogP contribution in [0.5, 0.6) is 0 Å². The van der Waals surface area contributed by atoms with Crippen LogP contribution < -0.4 is 10.6 Å².